The Labute approximate surface area is 108 Å². The molecule has 0 saturated heterocycles. The first kappa shape index (κ1) is 16.7. The van der Waals surface area contributed by atoms with Crippen LogP contribution < -0.4 is 0 Å². The molecule has 1 unspecified atom stereocenters. The zero-order chi connectivity index (χ0) is 13.5. The van der Waals surface area contributed by atoms with Gasteiger partial charge in [0.2, 0.25) is 6.29 Å². The van der Waals surface area contributed by atoms with Crippen molar-refractivity contribution in [2.24, 2.45) is 0 Å². The first-order valence-electron chi connectivity index (χ1n) is 6.55. The van der Waals surface area contributed by atoms with Crippen LogP contribution in [0.3, 0.4) is 0 Å². The number of hydrogen-bond donors (Lipinski definition) is 1. The molecule has 0 aromatic heterocycles. The molecule has 0 aromatic rings. The predicted molar refractivity (Wildman–Crippen MR) is 76.2 cm³/mol. The topological polar surface area (TPSA) is 29.5 Å². The fraction of sp³-hybridized carbons (Fsp3) is 0.857. The molecule has 0 aliphatic rings. The van der Waals surface area contributed by atoms with Crippen LogP contribution in [0.1, 0.15) is 53.4 Å². The van der Waals surface area contributed by atoms with E-state index >= 15 is 0 Å². The molecule has 3 heteroatoms. The second kappa shape index (κ2) is 7.20. The molecule has 100 valence electrons. The van der Waals surface area contributed by atoms with Crippen LogP contribution in [0.15, 0.2) is 0 Å². The summed E-state index contributed by atoms with van der Waals surface area (Å²) in [6.45, 7) is 12.9. The molecular weight excluding hydrogens is 228 g/mol. The van der Waals surface area contributed by atoms with E-state index in [9.17, 15) is 5.11 Å². The van der Waals surface area contributed by atoms with Gasteiger partial charge in [-0.15, -0.1) is 0 Å². The van der Waals surface area contributed by atoms with E-state index in [0.29, 0.717) is 0 Å². The van der Waals surface area contributed by atoms with Crippen molar-refractivity contribution < 1.29 is 9.53 Å². The molecule has 0 fully saturated rings. The van der Waals surface area contributed by atoms with E-state index < -0.39 is 14.6 Å². The van der Waals surface area contributed by atoms with E-state index in [1.807, 2.05) is 0 Å². The Morgan fingerprint density at radius 1 is 1.24 bits per heavy atom. The lowest BCUT2D eigenvalue weighted by atomic mass is 10.2. The summed E-state index contributed by atoms with van der Waals surface area (Å²) in [6, 6.07) is 0. The molecule has 0 heterocycles. The molecule has 0 bridgehead atoms. The Hall–Kier alpha value is -0.303. The number of unbranched alkanes of at least 4 members (excludes halogenated alkanes) is 3. The van der Waals surface area contributed by atoms with Gasteiger partial charge in [0.15, 0.2) is 8.32 Å². The van der Waals surface area contributed by atoms with Crippen molar-refractivity contribution in [3.05, 3.63) is 0 Å². The van der Waals surface area contributed by atoms with Crippen LogP contribution in [0, 0.1) is 11.8 Å². The zero-order valence-corrected chi connectivity index (χ0v) is 13.3. The largest absolute Gasteiger partial charge is 0.383 e. The van der Waals surface area contributed by atoms with Gasteiger partial charge in [-0.25, -0.2) is 0 Å². The van der Waals surface area contributed by atoms with Crippen LogP contribution in [0.2, 0.25) is 18.1 Å². The van der Waals surface area contributed by atoms with Crippen molar-refractivity contribution in [3.8, 4) is 11.8 Å². The minimum atomic E-state index is -1.90. The minimum absolute atomic E-state index is 0.109. The Balaban J connectivity index is 4.13. The molecule has 0 spiro atoms. The van der Waals surface area contributed by atoms with E-state index in [4.69, 9.17) is 4.43 Å². The highest BCUT2D eigenvalue weighted by molar-refractivity contribution is 6.74. The smallest absolute Gasteiger partial charge is 0.210 e. The fourth-order valence-corrected chi connectivity index (χ4v) is 2.08. The molecule has 0 amide bonds. The van der Waals surface area contributed by atoms with E-state index in [-0.39, 0.29) is 5.04 Å². The average Bonchev–Trinajstić information content (AvgIpc) is 2.14. The molecule has 2 nitrogen and oxygen atoms in total. The first-order chi connectivity index (χ1) is 7.70. The molecule has 0 aliphatic carbocycles. The van der Waals surface area contributed by atoms with Crippen molar-refractivity contribution in [1.29, 1.82) is 0 Å². The number of hydrogen-bond acceptors (Lipinski definition) is 2. The summed E-state index contributed by atoms with van der Waals surface area (Å²) in [6.07, 6.45) is 3.44. The van der Waals surface area contributed by atoms with E-state index in [1.165, 1.54) is 12.8 Å². The first-order valence-corrected chi connectivity index (χ1v) is 9.46. The summed E-state index contributed by atoms with van der Waals surface area (Å²) in [5, 5.41) is 9.85. The van der Waals surface area contributed by atoms with Crippen molar-refractivity contribution in [1.82, 2.24) is 0 Å². The van der Waals surface area contributed by atoms with E-state index in [2.05, 4.69) is 52.6 Å². The number of aliphatic hydroxyl groups excluding tert-OH is 1. The second-order valence-corrected chi connectivity index (χ2v) is 10.8. The monoisotopic (exact) mass is 256 g/mol. The van der Waals surface area contributed by atoms with Crippen LogP contribution in [0.4, 0.5) is 0 Å². The normalized spacial score (nSPS) is 14.1. The highest BCUT2D eigenvalue weighted by Crippen LogP contribution is 2.36. The average molecular weight is 256 g/mol. The maximum atomic E-state index is 9.74. The third kappa shape index (κ3) is 6.87. The van der Waals surface area contributed by atoms with Crippen LogP contribution in [-0.4, -0.2) is 19.7 Å². The lowest BCUT2D eigenvalue weighted by molar-refractivity contribution is 0.0212. The second-order valence-electron chi connectivity index (χ2n) is 6.01. The zero-order valence-electron chi connectivity index (χ0n) is 12.3. The van der Waals surface area contributed by atoms with Crippen molar-refractivity contribution in [3.63, 3.8) is 0 Å². The fourth-order valence-electron chi connectivity index (χ4n) is 1.11. The van der Waals surface area contributed by atoms with E-state index in [1.54, 1.807) is 0 Å². The highest BCUT2D eigenvalue weighted by atomic mass is 28.4. The van der Waals surface area contributed by atoms with Gasteiger partial charge in [0.05, 0.1) is 0 Å². The molecule has 0 saturated carbocycles. The molecule has 0 rings (SSSR count). The molecule has 1 atom stereocenters. The van der Waals surface area contributed by atoms with Crippen molar-refractivity contribution in [2.75, 3.05) is 0 Å². The highest BCUT2D eigenvalue weighted by Gasteiger charge is 2.38. The standard InChI is InChI=1S/C14H28O2Si/c1-7-8-9-10-11-12-13(15)16-17(5,6)14(2,3)4/h13,15H,7-10H2,1-6H3. The van der Waals surface area contributed by atoms with Crippen LogP contribution in [0.5, 0.6) is 0 Å². The van der Waals surface area contributed by atoms with Gasteiger partial charge in [0.1, 0.15) is 0 Å². The molecule has 0 aliphatic heterocycles. The van der Waals surface area contributed by atoms with Crippen LogP contribution in [0.25, 0.3) is 0 Å². The van der Waals surface area contributed by atoms with Gasteiger partial charge >= 0.3 is 0 Å². The third-order valence-corrected chi connectivity index (χ3v) is 7.77. The molecule has 1 N–H and O–H groups in total. The van der Waals surface area contributed by atoms with Gasteiger partial charge in [-0.1, -0.05) is 46.5 Å². The van der Waals surface area contributed by atoms with Crippen LogP contribution in [-0.2, 0) is 4.43 Å². The van der Waals surface area contributed by atoms with Gasteiger partial charge in [-0.2, -0.15) is 0 Å². The van der Waals surface area contributed by atoms with Gasteiger partial charge in [-0.05, 0) is 30.5 Å². The van der Waals surface area contributed by atoms with Crippen LogP contribution >= 0.6 is 0 Å². The Bertz CT molecular complexity index is 268. The van der Waals surface area contributed by atoms with Gasteiger partial charge in [0, 0.05) is 6.42 Å². The Morgan fingerprint density at radius 2 is 1.82 bits per heavy atom. The van der Waals surface area contributed by atoms with Gasteiger partial charge < -0.3 is 9.53 Å². The predicted octanol–water partition coefficient (Wildman–Crippen LogP) is 3.91. The summed E-state index contributed by atoms with van der Waals surface area (Å²) in [7, 11) is -1.90. The molecule has 0 radical (unpaired) electrons. The maximum absolute atomic E-state index is 9.74. The quantitative estimate of drug-likeness (QED) is 0.350. The number of rotatable bonds is 5. The summed E-state index contributed by atoms with van der Waals surface area (Å²) < 4.78 is 5.73. The molecular formula is C14H28O2Si. The summed E-state index contributed by atoms with van der Waals surface area (Å²) >= 11 is 0. The molecule has 0 aromatic carbocycles. The Kier molecular flexibility index (Phi) is 7.07. The third-order valence-electron chi connectivity index (χ3n) is 3.34. The Morgan fingerprint density at radius 3 is 2.29 bits per heavy atom. The number of aliphatic hydroxyl groups is 1. The van der Waals surface area contributed by atoms with Crippen molar-refractivity contribution in [2.45, 2.75) is 77.8 Å². The summed E-state index contributed by atoms with van der Waals surface area (Å²) in [5.41, 5.74) is 0. The molecule has 17 heavy (non-hydrogen) atoms. The summed E-state index contributed by atoms with van der Waals surface area (Å²) in [4.78, 5) is 0. The van der Waals surface area contributed by atoms with Gasteiger partial charge in [-0.3, -0.25) is 0 Å². The van der Waals surface area contributed by atoms with Crippen molar-refractivity contribution >= 4 is 8.32 Å². The van der Waals surface area contributed by atoms with Gasteiger partial charge in [0.25, 0.3) is 0 Å². The summed E-state index contributed by atoms with van der Waals surface area (Å²) in [5.74, 6) is 5.78. The maximum Gasteiger partial charge on any atom is 0.210 e. The lowest BCUT2D eigenvalue weighted by Crippen LogP contribution is -2.43. The van der Waals surface area contributed by atoms with E-state index in [0.717, 1.165) is 12.8 Å². The lowest BCUT2D eigenvalue weighted by Gasteiger charge is -2.36. The SMILES string of the molecule is CCCCCC#CC(O)O[Si](C)(C)C(C)(C)C. The minimum Gasteiger partial charge on any atom is -0.383 e.